The molecule has 1 atom stereocenters. The number of hydrogen-bond acceptors (Lipinski definition) is 5. The Kier molecular flexibility index (Phi) is 5.93. The topological polar surface area (TPSA) is 66.0 Å². The molecule has 1 aromatic heterocycles. The van der Waals surface area contributed by atoms with Crippen LogP contribution in [0.2, 0.25) is 0 Å². The van der Waals surface area contributed by atoms with Crippen LogP contribution in [0.1, 0.15) is 51.0 Å². The van der Waals surface area contributed by atoms with Crippen molar-refractivity contribution in [1.82, 2.24) is 14.8 Å². The fourth-order valence-corrected chi connectivity index (χ4v) is 4.12. The number of amides is 2. The maximum atomic E-state index is 12.6. The van der Waals surface area contributed by atoms with E-state index in [0.29, 0.717) is 13.1 Å². The third-order valence-corrected chi connectivity index (χ3v) is 5.91. The molecule has 0 spiro atoms. The molecule has 1 unspecified atom stereocenters. The van der Waals surface area contributed by atoms with Gasteiger partial charge in [0, 0.05) is 58.1 Å². The van der Waals surface area contributed by atoms with Gasteiger partial charge in [0.05, 0.1) is 11.7 Å². The highest BCUT2D eigenvalue weighted by Gasteiger charge is 2.34. The van der Waals surface area contributed by atoms with E-state index in [1.54, 1.807) is 14.0 Å². The fraction of sp³-hybridized carbons (Fsp3) is 0.667. The van der Waals surface area contributed by atoms with Gasteiger partial charge in [-0.05, 0) is 45.7 Å². The standard InChI is InChI=1S/C21H32N4O3/c1-15-13-17(14-18(22-15)19-7-6-8-25(19)16(2)26)23-9-11-24(12-10-23)20(27)21(3,4)28-5/h13-14,19H,6-12H2,1-5H3. The Morgan fingerprint density at radius 1 is 1.14 bits per heavy atom. The zero-order chi connectivity index (χ0) is 20.5. The van der Waals surface area contributed by atoms with Crippen LogP contribution in [-0.4, -0.2) is 72.0 Å². The number of ether oxygens (including phenoxy) is 1. The Labute approximate surface area is 167 Å². The summed E-state index contributed by atoms with van der Waals surface area (Å²) in [4.78, 5) is 35.4. The van der Waals surface area contributed by atoms with E-state index in [1.165, 1.54) is 0 Å². The number of nitrogens with zero attached hydrogens (tertiary/aromatic N) is 4. The second kappa shape index (κ2) is 8.07. The van der Waals surface area contributed by atoms with E-state index in [-0.39, 0.29) is 17.9 Å². The highest BCUT2D eigenvalue weighted by molar-refractivity contribution is 5.84. The van der Waals surface area contributed by atoms with E-state index < -0.39 is 5.60 Å². The van der Waals surface area contributed by atoms with E-state index in [0.717, 1.165) is 49.6 Å². The second-order valence-electron chi connectivity index (χ2n) is 8.26. The van der Waals surface area contributed by atoms with Gasteiger partial charge < -0.3 is 19.4 Å². The van der Waals surface area contributed by atoms with E-state index in [1.807, 2.05) is 30.6 Å². The SMILES string of the molecule is COC(C)(C)C(=O)N1CCN(c2cc(C)nc(C3CCCN3C(C)=O)c2)CC1. The quantitative estimate of drug-likeness (QED) is 0.791. The number of methoxy groups -OCH3 is 1. The minimum absolute atomic E-state index is 0.0318. The first-order chi connectivity index (χ1) is 13.2. The fourth-order valence-electron chi connectivity index (χ4n) is 4.12. The first-order valence-corrected chi connectivity index (χ1v) is 10.1. The van der Waals surface area contributed by atoms with Crippen LogP contribution in [0.15, 0.2) is 12.1 Å². The first-order valence-electron chi connectivity index (χ1n) is 10.1. The number of hydrogen-bond donors (Lipinski definition) is 0. The molecule has 3 rings (SSSR count). The first kappa shape index (κ1) is 20.6. The molecule has 0 aliphatic carbocycles. The molecule has 0 aromatic carbocycles. The number of carbonyl (C=O) groups excluding carboxylic acids is 2. The van der Waals surface area contributed by atoms with Crippen molar-refractivity contribution < 1.29 is 14.3 Å². The Balaban J connectivity index is 1.73. The monoisotopic (exact) mass is 388 g/mol. The summed E-state index contributed by atoms with van der Waals surface area (Å²) < 4.78 is 5.34. The normalized spacial score (nSPS) is 20.6. The van der Waals surface area contributed by atoms with Crippen LogP contribution < -0.4 is 4.90 Å². The highest BCUT2D eigenvalue weighted by atomic mass is 16.5. The molecule has 2 fully saturated rings. The van der Waals surface area contributed by atoms with Gasteiger partial charge in [-0.15, -0.1) is 0 Å². The Hall–Kier alpha value is -2.15. The summed E-state index contributed by atoms with van der Waals surface area (Å²) in [5, 5.41) is 0. The molecule has 154 valence electrons. The molecule has 1 aromatic rings. The molecular formula is C21H32N4O3. The summed E-state index contributed by atoms with van der Waals surface area (Å²) in [6, 6.07) is 4.28. The minimum Gasteiger partial charge on any atom is -0.369 e. The maximum absolute atomic E-state index is 12.6. The smallest absolute Gasteiger partial charge is 0.254 e. The highest BCUT2D eigenvalue weighted by Crippen LogP contribution is 2.33. The third kappa shape index (κ3) is 4.14. The Bertz CT molecular complexity index is 741. The van der Waals surface area contributed by atoms with E-state index >= 15 is 0 Å². The van der Waals surface area contributed by atoms with Crippen molar-refractivity contribution in [3.63, 3.8) is 0 Å². The van der Waals surface area contributed by atoms with Gasteiger partial charge in [0.1, 0.15) is 5.60 Å². The third-order valence-electron chi connectivity index (χ3n) is 5.91. The van der Waals surface area contributed by atoms with Crippen LogP contribution in [0.4, 0.5) is 5.69 Å². The molecule has 7 nitrogen and oxygen atoms in total. The lowest BCUT2D eigenvalue weighted by molar-refractivity contribution is -0.151. The average Bonchev–Trinajstić information content (AvgIpc) is 3.17. The van der Waals surface area contributed by atoms with Crippen molar-refractivity contribution in [1.29, 1.82) is 0 Å². The Morgan fingerprint density at radius 2 is 1.82 bits per heavy atom. The molecule has 2 saturated heterocycles. The number of aromatic nitrogens is 1. The van der Waals surface area contributed by atoms with Crippen molar-refractivity contribution in [3.8, 4) is 0 Å². The predicted molar refractivity (Wildman–Crippen MR) is 108 cm³/mol. The van der Waals surface area contributed by atoms with Gasteiger partial charge in [-0.25, -0.2) is 0 Å². The molecule has 3 heterocycles. The van der Waals surface area contributed by atoms with Crippen LogP contribution in [0, 0.1) is 6.92 Å². The lowest BCUT2D eigenvalue weighted by Crippen LogP contribution is -2.54. The van der Waals surface area contributed by atoms with E-state index in [4.69, 9.17) is 9.72 Å². The zero-order valence-electron chi connectivity index (χ0n) is 17.7. The molecule has 0 N–H and O–H groups in total. The second-order valence-corrected chi connectivity index (χ2v) is 8.26. The lowest BCUT2D eigenvalue weighted by Gasteiger charge is -2.39. The van der Waals surface area contributed by atoms with Gasteiger partial charge in [-0.3, -0.25) is 14.6 Å². The van der Waals surface area contributed by atoms with Gasteiger partial charge in [0.25, 0.3) is 5.91 Å². The number of piperazine rings is 1. The number of rotatable bonds is 4. The molecule has 2 aliphatic heterocycles. The van der Waals surface area contributed by atoms with E-state index in [2.05, 4.69) is 17.0 Å². The number of aryl methyl sites for hydroxylation is 1. The molecule has 0 saturated carbocycles. The number of carbonyl (C=O) groups is 2. The van der Waals surface area contributed by atoms with Crippen molar-refractivity contribution in [2.24, 2.45) is 0 Å². The molecular weight excluding hydrogens is 356 g/mol. The predicted octanol–water partition coefficient (Wildman–Crippen LogP) is 2.15. The maximum Gasteiger partial charge on any atom is 0.254 e. The number of likely N-dealkylation sites (tertiary alicyclic amines) is 1. The molecule has 2 aliphatic rings. The van der Waals surface area contributed by atoms with Crippen LogP contribution in [0.5, 0.6) is 0 Å². The van der Waals surface area contributed by atoms with Crippen LogP contribution in [-0.2, 0) is 14.3 Å². The molecule has 2 amide bonds. The van der Waals surface area contributed by atoms with E-state index in [9.17, 15) is 9.59 Å². The zero-order valence-corrected chi connectivity index (χ0v) is 17.7. The molecule has 7 heteroatoms. The summed E-state index contributed by atoms with van der Waals surface area (Å²) in [5.74, 6) is 0.143. The van der Waals surface area contributed by atoms with Gasteiger partial charge in [-0.1, -0.05) is 0 Å². The van der Waals surface area contributed by atoms with Crippen LogP contribution in [0.25, 0.3) is 0 Å². The summed E-state index contributed by atoms with van der Waals surface area (Å²) in [6.45, 7) is 10.9. The largest absolute Gasteiger partial charge is 0.369 e. The molecule has 28 heavy (non-hydrogen) atoms. The molecule has 0 bridgehead atoms. The lowest BCUT2D eigenvalue weighted by atomic mass is 10.1. The average molecular weight is 389 g/mol. The van der Waals surface area contributed by atoms with Gasteiger partial charge >= 0.3 is 0 Å². The summed E-state index contributed by atoms with van der Waals surface area (Å²) >= 11 is 0. The van der Waals surface area contributed by atoms with Crippen molar-refractivity contribution in [2.75, 3.05) is 44.7 Å². The Morgan fingerprint density at radius 3 is 2.43 bits per heavy atom. The van der Waals surface area contributed by atoms with Crippen LogP contribution in [0.3, 0.4) is 0 Å². The number of anilines is 1. The van der Waals surface area contributed by atoms with Crippen molar-refractivity contribution >= 4 is 17.5 Å². The van der Waals surface area contributed by atoms with Crippen molar-refractivity contribution in [3.05, 3.63) is 23.5 Å². The molecule has 0 radical (unpaired) electrons. The van der Waals surface area contributed by atoms with Gasteiger partial charge in [0.15, 0.2) is 0 Å². The minimum atomic E-state index is -0.790. The summed E-state index contributed by atoms with van der Waals surface area (Å²) in [5.41, 5.74) is 2.26. The summed E-state index contributed by atoms with van der Waals surface area (Å²) in [7, 11) is 1.57. The van der Waals surface area contributed by atoms with Gasteiger partial charge in [0.2, 0.25) is 5.91 Å². The van der Waals surface area contributed by atoms with Crippen molar-refractivity contribution in [2.45, 2.75) is 52.2 Å². The number of pyridine rings is 1. The van der Waals surface area contributed by atoms with Crippen LogP contribution >= 0.6 is 0 Å². The van der Waals surface area contributed by atoms with Gasteiger partial charge in [-0.2, -0.15) is 0 Å². The summed E-state index contributed by atoms with van der Waals surface area (Å²) in [6.07, 6.45) is 1.98.